The highest BCUT2D eigenvalue weighted by molar-refractivity contribution is 7.80. The van der Waals surface area contributed by atoms with Crippen LogP contribution in [0.1, 0.15) is 17.2 Å². The maximum absolute atomic E-state index is 10.7. The average molecular weight is 374 g/mol. The third-order valence-electron chi connectivity index (χ3n) is 4.42. The van der Waals surface area contributed by atoms with Crippen molar-refractivity contribution in [2.24, 2.45) is 0 Å². The fraction of sp³-hybridized carbons (Fsp3) is 0.316. The monoisotopic (exact) mass is 374 g/mol. The van der Waals surface area contributed by atoms with Gasteiger partial charge in [0, 0.05) is 23.4 Å². The molecule has 6 nitrogen and oxygen atoms in total. The molecule has 2 aromatic carbocycles. The Morgan fingerprint density at radius 3 is 2.31 bits per heavy atom. The van der Waals surface area contributed by atoms with Crippen molar-refractivity contribution < 1.29 is 19.3 Å². The van der Waals surface area contributed by atoms with E-state index in [9.17, 15) is 5.11 Å². The molecule has 0 fully saturated rings. The molecule has 2 aromatic rings. The maximum Gasteiger partial charge on any atom is 0.173 e. The Labute approximate surface area is 158 Å². The Morgan fingerprint density at radius 2 is 1.69 bits per heavy atom. The highest BCUT2D eigenvalue weighted by atomic mass is 32.1. The number of nitrogens with one attached hydrogen (secondary N) is 1. The molecular formula is C19H22N2O4S. The molecule has 7 heteroatoms. The summed E-state index contributed by atoms with van der Waals surface area (Å²) in [5.74, 6) is 2.14. The molecule has 0 aliphatic carbocycles. The number of rotatable bonds is 4. The van der Waals surface area contributed by atoms with E-state index >= 15 is 0 Å². The van der Waals surface area contributed by atoms with Crippen LogP contribution in [0, 0.1) is 0 Å². The van der Waals surface area contributed by atoms with Crippen LogP contribution in [0.3, 0.4) is 0 Å². The molecule has 1 atom stereocenters. The van der Waals surface area contributed by atoms with E-state index in [1.807, 2.05) is 41.3 Å². The van der Waals surface area contributed by atoms with Gasteiger partial charge in [0.05, 0.1) is 27.9 Å². The first-order valence-corrected chi connectivity index (χ1v) is 8.60. The first-order chi connectivity index (χ1) is 12.6. The van der Waals surface area contributed by atoms with Crippen molar-refractivity contribution in [1.82, 2.24) is 4.90 Å². The van der Waals surface area contributed by atoms with Gasteiger partial charge in [-0.15, -0.1) is 0 Å². The van der Waals surface area contributed by atoms with Gasteiger partial charge in [-0.2, -0.15) is 0 Å². The smallest absolute Gasteiger partial charge is 0.173 e. The standard InChI is InChI=1S/C19H22N2O4S/c1-23-13-6-4-12(5-7-13)20-19(26)21-10-14-16(24-2)8-9-17(25-3)18(14)15(22)11-21/h4-9,15,22H,10-11H2,1-3H3,(H,20,26)/t15-/m1/s1. The van der Waals surface area contributed by atoms with E-state index in [0.29, 0.717) is 29.7 Å². The molecule has 0 radical (unpaired) electrons. The molecule has 1 aliphatic heterocycles. The molecule has 26 heavy (non-hydrogen) atoms. The minimum atomic E-state index is -0.723. The van der Waals surface area contributed by atoms with Crippen LogP contribution in [0.15, 0.2) is 36.4 Å². The molecule has 3 rings (SSSR count). The summed E-state index contributed by atoms with van der Waals surface area (Å²) in [7, 11) is 4.83. The predicted octanol–water partition coefficient (Wildman–Crippen LogP) is 2.96. The number of β-amino-alcohol motifs (C(OH)–C–C–N with tert-alkyl or cyclic N) is 1. The Bertz CT molecular complexity index is 795. The lowest BCUT2D eigenvalue weighted by atomic mass is 9.95. The largest absolute Gasteiger partial charge is 0.497 e. The number of aliphatic hydroxyl groups is 1. The topological polar surface area (TPSA) is 63.2 Å². The van der Waals surface area contributed by atoms with Crippen LogP contribution in [0.5, 0.6) is 17.2 Å². The Morgan fingerprint density at radius 1 is 1.04 bits per heavy atom. The molecule has 1 aliphatic rings. The average Bonchev–Trinajstić information content (AvgIpc) is 2.67. The number of methoxy groups -OCH3 is 3. The van der Waals surface area contributed by atoms with Crippen LogP contribution in [-0.2, 0) is 6.54 Å². The third kappa shape index (κ3) is 3.54. The molecule has 138 valence electrons. The Hall–Kier alpha value is -2.51. The molecule has 0 unspecified atom stereocenters. The van der Waals surface area contributed by atoms with E-state index in [0.717, 1.165) is 22.6 Å². The zero-order valence-electron chi connectivity index (χ0n) is 15.0. The van der Waals surface area contributed by atoms with E-state index in [1.165, 1.54) is 0 Å². The Balaban J connectivity index is 1.82. The molecule has 0 aromatic heterocycles. The van der Waals surface area contributed by atoms with Crippen LogP contribution < -0.4 is 19.5 Å². The first kappa shape index (κ1) is 18.3. The lowest BCUT2D eigenvalue weighted by Crippen LogP contribution is -2.41. The summed E-state index contributed by atoms with van der Waals surface area (Å²) in [6.07, 6.45) is -0.723. The number of anilines is 1. The Kier molecular flexibility index (Phi) is 5.49. The summed E-state index contributed by atoms with van der Waals surface area (Å²) < 4.78 is 16.0. The number of aliphatic hydroxyl groups excluding tert-OH is 1. The van der Waals surface area contributed by atoms with Crippen LogP contribution in [0.2, 0.25) is 0 Å². The van der Waals surface area contributed by atoms with Gasteiger partial charge in [0.15, 0.2) is 5.11 Å². The summed E-state index contributed by atoms with van der Waals surface area (Å²) in [6, 6.07) is 11.2. The summed E-state index contributed by atoms with van der Waals surface area (Å²) >= 11 is 5.54. The van der Waals surface area contributed by atoms with Gasteiger partial charge in [-0.1, -0.05) is 0 Å². The second-order valence-corrected chi connectivity index (χ2v) is 6.30. The highest BCUT2D eigenvalue weighted by Gasteiger charge is 2.30. The van der Waals surface area contributed by atoms with Gasteiger partial charge in [0.25, 0.3) is 0 Å². The summed E-state index contributed by atoms with van der Waals surface area (Å²) in [5.41, 5.74) is 2.49. The fourth-order valence-corrected chi connectivity index (χ4v) is 3.36. The van der Waals surface area contributed by atoms with Crippen LogP contribution >= 0.6 is 12.2 Å². The number of hydrogen-bond donors (Lipinski definition) is 2. The third-order valence-corrected chi connectivity index (χ3v) is 4.78. The van der Waals surface area contributed by atoms with Gasteiger partial charge in [0.1, 0.15) is 23.4 Å². The van der Waals surface area contributed by atoms with Gasteiger partial charge in [-0.3, -0.25) is 0 Å². The molecule has 0 saturated heterocycles. The normalized spacial score (nSPS) is 15.8. The van der Waals surface area contributed by atoms with E-state index in [2.05, 4.69) is 5.32 Å². The van der Waals surface area contributed by atoms with Crippen molar-refractivity contribution in [2.75, 3.05) is 33.2 Å². The van der Waals surface area contributed by atoms with Crippen molar-refractivity contribution in [3.63, 3.8) is 0 Å². The molecule has 0 amide bonds. The van der Waals surface area contributed by atoms with Gasteiger partial charge < -0.3 is 29.5 Å². The van der Waals surface area contributed by atoms with Gasteiger partial charge in [-0.25, -0.2) is 0 Å². The zero-order chi connectivity index (χ0) is 18.7. The van der Waals surface area contributed by atoms with Crippen molar-refractivity contribution in [1.29, 1.82) is 0 Å². The molecule has 0 saturated carbocycles. The lowest BCUT2D eigenvalue weighted by Gasteiger charge is -2.35. The van der Waals surface area contributed by atoms with Crippen LogP contribution in [0.4, 0.5) is 5.69 Å². The van der Waals surface area contributed by atoms with Crippen LogP contribution in [0.25, 0.3) is 0 Å². The number of fused-ring (bicyclic) bond motifs is 1. The van der Waals surface area contributed by atoms with E-state index in [1.54, 1.807) is 21.3 Å². The summed E-state index contributed by atoms with van der Waals surface area (Å²) in [4.78, 5) is 1.91. The van der Waals surface area contributed by atoms with Crippen LogP contribution in [-0.4, -0.2) is 43.0 Å². The number of thiocarbonyl (C=S) groups is 1. The van der Waals surface area contributed by atoms with Gasteiger partial charge >= 0.3 is 0 Å². The zero-order valence-corrected chi connectivity index (χ0v) is 15.8. The van der Waals surface area contributed by atoms with Crippen molar-refractivity contribution in [3.8, 4) is 17.2 Å². The van der Waals surface area contributed by atoms with Gasteiger partial charge in [-0.05, 0) is 48.6 Å². The molecule has 2 N–H and O–H groups in total. The first-order valence-electron chi connectivity index (χ1n) is 8.19. The van der Waals surface area contributed by atoms with Gasteiger partial charge in [0.2, 0.25) is 0 Å². The predicted molar refractivity (Wildman–Crippen MR) is 104 cm³/mol. The van der Waals surface area contributed by atoms with E-state index in [4.69, 9.17) is 26.4 Å². The van der Waals surface area contributed by atoms with E-state index < -0.39 is 6.10 Å². The number of nitrogens with zero attached hydrogens (tertiary/aromatic N) is 1. The molecular weight excluding hydrogens is 352 g/mol. The molecule has 0 bridgehead atoms. The number of ether oxygens (including phenoxy) is 3. The van der Waals surface area contributed by atoms with E-state index in [-0.39, 0.29) is 0 Å². The SMILES string of the molecule is COc1ccc(NC(=S)N2Cc3c(OC)ccc(OC)c3[C@H](O)C2)cc1. The number of hydrogen-bond acceptors (Lipinski definition) is 5. The minimum Gasteiger partial charge on any atom is -0.497 e. The fourth-order valence-electron chi connectivity index (χ4n) is 3.11. The summed E-state index contributed by atoms with van der Waals surface area (Å²) in [6.45, 7) is 0.896. The molecule has 1 heterocycles. The highest BCUT2D eigenvalue weighted by Crippen LogP contribution is 2.39. The quantitative estimate of drug-likeness (QED) is 0.798. The van der Waals surface area contributed by atoms with Crippen molar-refractivity contribution in [3.05, 3.63) is 47.5 Å². The minimum absolute atomic E-state index is 0.374. The maximum atomic E-state index is 10.7. The summed E-state index contributed by atoms with van der Waals surface area (Å²) in [5, 5.41) is 14.4. The second-order valence-electron chi connectivity index (χ2n) is 5.92. The molecule has 0 spiro atoms. The van der Waals surface area contributed by atoms with Crippen molar-refractivity contribution >= 4 is 23.0 Å². The lowest BCUT2D eigenvalue weighted by molar-refractivity contribution is 0.123. The van der Waals surface area contributed by atoms with Crippen molar-refractivity contribution in [2.45, 2.75) is 12.6 Å². The second kappa shape index (κ2) is 7.80. The number of benzene rings is 2.